The van der Waals surface area contributed by atoms with E-state index in [9.17, 15) is 0 Å². The lowest BCUT2D eigenvalue weighted by atomic mass is 9.99. The zero-order chi connectivity index (χ0) is 14.4. The van der Waals surface area contributed by atoms with E-state index < -0.39 is 0 Å². The van der Waals surface area contributed by atoms with Gasteiger partial charge in [0.25, 0.3) is 0 Å². The molecule has 1 aliphatic heterocycles. The Labute approximate surface area is 123 Å². The number of allylic oxidation sites excluding steroid dienone is 1. The van der Waals surface area contributed by atoms with Gasteiger partial charge in [0.1, 0.15) is 5.76 Å². The fourth-order valence-electron chi connectivity index (χ4n) is 2.58. The van der Waals surface area contributed by atoms with Crippen molar-refractivity contribution in [2.24, 2.45) is 0 Å². The summed E-state index contributed by atoms with van der Waals surface area (Å²) < 4.78 is 5.86. The summed E-state index contributed by atoms with van der Waals surface area (Å²) in [4.78, 5) is 0. The van der Waals surface area contributed by atoms with Gasteiger partial charge in [-0.3, -0.25) is 0 Å². The Hall–Kier alpha value is -1.28. The molecule has 2 heteroatoms. The van der Waals surface area contributed by atoms with Crippen molar-refractivity contribution in [3.63, 3.8) is 0 Å². The highest BCUT2D eigenvalue weighted by atomic mass is 16.5. The number of hydrogen-bond acceptors (Lipinski definition) is 2. The molecule has 1 N–H and O–H groups in total. The first-order valence-corrected chi connectivity index (χ1v) is 7.83. The van der Waals surface area contributed by atoms with E-state index in [1.165, 1.54) is 16.7 Å². The molecule has 2 nitrogen and oxygen atoms in total. The summed E-state index contributed by atoms with van der Waals surface area (Å²) >= 11 is 0. The minimum absolute atomic E-state index is 0.317. The van der Waals surface area contributed by atoms with Gasteiger partial charge in [0.2, 0.25) is 0 Å². The first kappa shape index (κ1) is 15.1. The van der Waals surface area contributed by atoms with Crippen LogP contribution in [0.15, 0.2) is 30.0 Å². The third kappa shape index (κ3) is 4.11. The van der Waals surface area contributed by atoms with Crippen molar-refractivity contribution in [3.05, 3.63) is 46.7 Å². The van der Waals surface area contributed by atoms with E-state index in [0.717, 1.165) is 44.6 Å². The molecule has 110 valence electrons. The van der Waals surface area contributed by atoms with Crippen LogP contribution in [0.4, 0.5) is 0 Å². The molecule has 0 aromatic heterocycles. The fourth-order valence-corrected chi connectivity index (χ4v) is 2.58. The molecule has 0 spiro atoms. The van der Waals surface area contributed by atoms with Crippen LogP contribution in [0.5, 0.6) is 0 Å². The average molecular weight is 273 g/mol. The van der Waals surface area contributed by atoms with Crippen LogP contribution in [-0.2, 0) is 11.2 Å². The molecule has 2 rings (SSSR count). The summed E-state index contributed by atoms with van der Waals surface area (Å²) in [5, 5.41) is 3.63. The largest absolute Gasteiger partial charge is 0.497 e. The second-order valence-corrected chi connectivity index (χ2v) is 5.73. The highest BCUT2D eigenvalue weighted by molar-refractivity contribution is 5.31. The van der Waals surface area contributed by atoms with Crippen molar-refractivity contribution >= 4 is 0 Å². The smallest absolute Gasteiger partial charge is 0.109 e. The SMILES string of the molecule is CCCNC(Cc1ccc(C)c(C)c1)C1=CCCCO1. The van der Waals surface area contributed by atoms with Crippen molar-refractivity contribution in [1.29, 1.82) is 0 Å². The van der Waals surface area contributed by atoms with E-state index in [-0.39, 0.29) is 0 Å². The lowest BCUT2D eigenvalue weighted by molar-refractivity contribution is 0.167. The van der Waals surface area contributed by atoms with Crippen LogP contribution in [0.2, 0.25) is 0 Å². The zero-order valence-electron chi connectivity index (χ0n) is 13.0. The maximum Gasteiger partial charge on any atom is 0.109 e. The molecule has 20 heavy (non-hydrogen) atoms. The van der Waals surface area contributed by atoms with Crippen molar-refractivity contribution in [3.8, 4) is 0 Å². The highest BCUT2D eigenvalue weighted by Crippen LogP contribution is 2.19. The molecule has 1 aromatic carbocycles. The Morgan fingerprint density at radius 1 is 1.25 bits per heavy atom. The first-order valence-electron chi connectivity index (χ1n) is 7.83. The van der Waals surface area contributed by atoms with Crippen LogP contribution in [-0.4, -0.2) is 19.2 Å². The van der Waals surface area contributed by atoms with Gasteiger partial charge >= 0.3 is 0 Å². The van der Waals surface area contributed by atoms with E-state index in [4.69, 9.17) is 4.74 Å². The molecule has 1 aliphatic rings. The molecule has 1 atom stereocenters. The zero-order valence-corrected chi connectivity index (χ0v) is 13.0. The molecule has 0 amide bonds. The van der Waals surface area contributed by atoms with Crippen LogP contribution in [0.1, 0.15) is 42.9 Å². The molecular formula is C18H27NO. The highest BCUT2D eigenvalue weighted by Gasteiger charge is 2.17. The quantitative estimate of drug-likeness (QED) is 0.848. The van der Waals surface area contributed by atoms with Crippen LogP contribution in [0.3, 0.4) is 0 Å². The number of nitrogens with one attached hydrogen (secondary N) is 1. The predicted octanol–water partition coefficient (Wildman–Crippen LogP) is 3.91. The van der Waals surface area contributed by atoms with Gasteiger partial charge in [0.05, 0.1) is 12.6 Å². The number of ether oxygens (including phenoxy) is 1. The molecule has 1 aromatic rings. The Kier molecular flexibility index (Phi) is 5.66. The monoisotopic (exact) mass is 273 g/mol. The van der Waals surface area contributed by atoms with Crippen LogP contribution in [0.25, 0.3) is 0 Å². The van der Waals surface area contributed by atoms with Crippen LogP contribution >= 0.6 is 0 Å². The summed E-state index contributed by atoms with van der Waals surface area (Å²) in [5.41, 5.74) is 4.12. The molecule has 0 fully saturated rings. The fraction of sp³-hybridized carbons (Fsp3) is 0.556. The van der Waals surface area contributed by atoms with Gasteiger partial charge in [-0.2, -0.15) is 0 Å². The number of aryl methyl sites for hydroxylation is 2. The van der Waals surface area contributed by atoms with E-state index >= 15 is 0 Å². The Bertz CT molecular complexity index is 464. The van der Waals surface area contributed by atoms with Gasteiger partial charge < -0.3 is 10.1 Å². The number of benzene rings is 1. The third-order valence-corrected chi connectivity index (χ3v) is 3.96. The van der Waals surface area contributed by atoms with Gasteiger partial charge in [0.15, 0.2) is 0 Å². The second kappa shape index (κ2) is 7.49. The van der Waals surface area contributed by atoms with Crippen molar-refractivity contribution in [1.82, 2.24) is 5.32 Å². The van der Waals surface area contributed by atoms with Crippen LogP contribution < -0.4 is 5.32 Å². The molecule has 1 heterocycles. The summed E-state index contributed by atoms with van der Waals surface area (Å²) in [5.74, 6) is 1.14. The lowest BCUT2D eigenvalue weighted by Crippen LogP contribution is -2.35. The molecule has 1 unspecified atom stereocenters. The van der Waals surface area contributed by atoms with Crippen LogP contribution in [0, 0.1) is 13.8 Å². The molecule has 0 bridgehead atoms. The number of rotatable bonds is 6. The minimum Gasteiger partial charge on any atom is -0.497 e. The van der Waals surface area contributed by atoms with E-state index in [1.807, 2.05) is 0 Å². The van der Waals surface area contributed by atoms with E-state index in [0.29, 0.717) is 6.04 Å². The molecule has 0 radical (unpaired) electrons. The Morgan fingerprint density at radius 3 is 2.75 bits per heavy atom. The summed E-state index contributed by atoms with van der Waals surface area (Å²) in [7, 11) is 0. The van der Waals surface area contributed by atoms with Gasteiger partial charge in [-0.05, 0) is 68.8 Å². The normalized spacial score (nSPS) is 16.4. The predicted molar refractivity (Wildman–Crippen MR) is 85.0 cm³/mol. The van der Waals surface area contributed by atoms with E-state index in [1.54, 1.807) is 0 Å². The second-order valence-electron chi connectivity index (χ2n) is 5.73. The maximum atomic E-state index is 5.86. The lowest BCUT2D eigenvalue weighted by Gasteiger charge is -2.25. The average Bonchev–Trinajstić information content (AvgIpc) is 2.48. The third-order valence-electron chi connectivity index (χ3n) is 3.96. The molecule has 0 aliphatic carbocycles. The van der Waals surface area contributed by atoms with Gasteiger partial charge in [-0.15, -0.1) is 0 Å². The Morgan fingerprint density at radius 2 is 2.10 bits per heavy atom. The summed E-state index contributed by atoms with van der Waals surface area (Å²) in [6.07, 6.45) is 6.71. The van der Waals surface area contributed by atoms with Gasteiger partial charge in [0, 0.05) is 0 Å². The summed E-state index contributed by atoms with van der Waals surface area (Å²) in [6.45, 7) is 8.46. The van der Waals surface area contributed by atoms with Crippen molar-refractivity contribution in [2.75, 3.05) is 13.2 Å². The minimum atomic E-state index is 0.317. The van der Waals surface area contributed by atoms with Crippen molar-refractivity contribution < 1.29 is 4.74 Å². The first-order chi connectivity index (χ1) is 9.70. The Balaban J connectivity index is 2.09. The van der Waals surface area contributed by atoms with Gasteiger partial charge in [-0.1, -0.05) is 25.1 Å². The van der Waals surface area contributed by atoms with E-state index in [2.05, 4.69) is 50.4 Å². The molecule has 0 saturated heterocycles. The molecular weight excluding hydrogens is 246 g/mol. The standard InChI is InChI=1S/C18H27NO/c1-4-10-19-17(18-7-5-6-11-20-18)13-16-9-8-14(2)15(3)12-16/h7-9,12,17,19H,4-6,10-11,13H2,1-3H3. The topological polar surface area (TPSA) is 21.3 Å². The molecule has 0 saturated carbocycles. The van der Waals surface area contributed by atoms with Gasteiger partial charge in [-0.25, -0.2) is 0 Å². The van der Waals surface area contributed by atoms with Crippen molar-refractivity contribution in [2.45, 2.75) is 52.5 Å². The number of hydrogen-bond donors (Lipinski definition) is 1. The summed E-state index contributed by atoms with van der Waals surface area (Å²) in [6, 6.07) is 7.08. The maximum absolute atomic E-state index is 5.86.